The quantitative estimate of drug-likeness (QED) is 0.731. The lowest BCUT2D eigenvalue weighted by Crippen LogP contribution is -2.19. The predicted molar refractivity (Wildman–Crippen MR) is 62.6 cm³/mol. The van der Waals surface area contributed by atoms with Gasteiger partial charge in [0.1, 0.15) is 0 Å². The molecule has 0 unspecified atom stereocenters. The number of nitrogens with one attached hydrogen (secondary N) is 1. The largest absolute Gasteiger partial charge is 0.353 e. The smallest absolute Gasteiger partial charge is 0.243 e. The molecule has 1 rings (SSSR count). The Hall–Kier alpha value is -1.57. The molecule has 1 aromatic rings. The molecule has 0 aliphatic carbocycles. The molecule has 15 heavy (non-hydrogen) atoms. The van der Waals surface area contributed by atoms with Gasteiger partial charge in [0.25, 0.3) is 0 Å². The second-order valence-electron chi connectivity index (χ2n) is 3.32. The minimum atomic E-state index is -0.00874. The zero-order chi connectivity index (χ0) is 10.9. The van der Waals surface area contributed by atoms with Crippen LogP contribution in [0, 0.1) is 0 Å². The minimum Gasteiger partial charge on any atom is -0.353 e. The number of carbonyl (C=O) groups is 1. The lowest BCUT2D eigenvalue weighted by molar-refractivity contribution is -0.116. The number of rotatable bonds is 5. The molecule has 2 heteroatoms. The van der Waals surface area contributed by atoms with Gasteiger partial charge in [0.15, 0.2) is 0 Å². The van der Waals surface area contributed by atoms with Crippen LogP contribution in [-0.2, 0) is 11.2 Å². The molecule has 1 N–H and O–H groups in total. The molecule has 0 atom stereocenters. The molecule has 1 amide bonds. The third-order valence-electron chi connectivity index (χ3n) is 2.06. The molecule has 1 aromatic carbocycles. The van der Waals surface area contributed by atoms with Gasteiger partial charge in [0, 0.05) is 6.54 Å². The Morgan fingerprint density at radius 3 is 2.73 bits per heavy atom. The molecule has 0 aliphatic heterocycles. The van der Waals surface area contributed by atoms with Gasteiger partial charge in [-0.15, -0.1) is 0 Å². The van der Waals surface area contributed by atoms with E-state index < -0.39 is 0 Å². The first-order valence-electron chi connectivity index (χ1n) is 5.31. The number of carbonyl (C=O) groups excluding carboxylic acids is 1. The van der Waals surface area contributed by atoms with E-state index in [9.17, 15) is 4.79 Å². The van der Waals surface area contributed by atoms with Crippen molar-refractivity contribution < 1.29 is 4.79 Å². The molecule has 0 heterocycles. The fourth-order valence-electron chi connectivity index (χ4n) is 1.32. The maximum Gasteiger partial charge on any atom is 0.243 e. The second kappa shape index (κ2) is 6.82. The Bertz CT molecular complexity index is 317. The summed E-state index contributed by atoms with van der Waals surface area (Å²) in [4.78, 5) is 11.1. The molecule has 0 saturated carbocycles. The van der Waals surface area contributed by atoms with E-state index in [0.29, 0.717) is 6.54 Å². The Balaban J connectivity index is 2.24. The van der Waals surface area contributed by atoms with Crippen LogP contribution in [0.1, 0.15) is 18.9 Å². The zero-order valence-corrected chi connectivity index (χ0v) is 9.07. The Morgan fingerprint density at radius 2 is 2.07 bits per heavy atom. The summed E-state index contributed by atoms with van der Waals surface area (Å²) in [5.41, 5.74) is 1.30. The number of allylic oxidation sites excluding steroid dienone is 1. The van der Waals surface area contributed by atoms with E-state index in [4.69, 9.17) is 0 Å². The molecular formula is C13H17NO. The van der Waals surface area contributed by atoms with Gasteiger partial charge in [-0.2, -0.15) is 0 Å². The van der Waals surface area contributed by atoms with E-state index in [0.717, 1.165) is 12.8 Å². The SMILES string of the molecule is CCNC(=O)C=CCCc1ccccc1. The summed E-state index contributed by atoms with van der Waals surface area (Å²) < 4.78 is 0. The Kier molecular flexibility index (Phi) is 5.23. The van der Waals surface area contributed by atoms with E-state index in [-0.39, 0.29) is 5.91 Å². The van der Waals surface area contributed by atoms with Gasteiger partial charge < -0.3 is 5.32 Å². The fourth-order valence-corrected chi connectivity index (χ4v) is 1.32. The molecule has 2 nitrogen and oxygen atoms in total. The lowest BCUT2D eigenvalue weighted by Gasteiger charge is -1.97. The summed E-state index contributed by atoms with van der Waals surface area (Å²) in [6.07, 6.45) is 5.41. The highest BCUT2D eigenvalue weighted by atomic mass is 16.1. The van der Waals surface area contributed by atoms with Crippen LogP contribution in [0.5, 0.6) is 0 Å². The number of amides is 1. The molecule has 0 aliphatic rings. The molecule has 0 aromatic heterocycles. The molecule has 80 valence electrons. The second-order valence-corrected chi connectivity index (χ2v) is 3.32. The summed E-state index contributed by atoms with van der Waals surface area (Å²) in [7, 11) is 0. The highest BCUT2D eigenvalue weighted by Gasteiger charge is 1.91. The van der Waals surface area contributed by atoms with Crippen molar-refractivity contribution >= 4 is 5.91 Å². The van der Waals surface area contributed by atoms with E-state index in [1.807, 2.05) is 31.2 Å². The third kappa shape index (κ3) is 5.01. The Labute approximate surface area is 91.0 Å². The van der Waals surface area contributed by atoms with E-state index >= 15 is 0 Å². The van der Waals surface area contributed by atoms with Gasteiger partial charge in [0.2, 0.25) is 5.91 Å². The van der Waals surface area contributed by atoms with Crippen molar-refractivity contribution in [3.63, 3.8) is 0 Å². The van der Waals surface area contributed by atoms with Gasteiger partial charge in [-0.3, -0.25) is 4.79 Å². The van der Waals surface area contributed by atoms with Crippen LogP contribution in [0.3, 0.4) is 0 Å². The first kappa shape index (κ1) is 11.5. The molecular weight excluding hydrogens is 186 g/mol. The van der Waals surface area contributed by atoms with Gasteiger partial charge in [-0.1, -0.05) is 36.4 Å². The van der Waals surface area contributed by atoms with E-state index in [2.05, 4.69) is 17.4 Å². The maximum atomic E-state index is 11.1. The van der Waals surface area contributed by atoms with Gasteiger partial charge in [-0.05, 0) is 31.4 Å². The van der Waals surface area contributed by atoms with Crippen LogP contribution >= 0.6 is 0 Å². The zero-order valence-electron chi connectivity index (χ0n) is 9.07. The summed E-state index contributed by atoms with van der Waals surface area (Å²) in [6.45, 7) is 2.59. The molecule has 0 fully saturated rings. The van der Waals surface area contributed by atoms with Crippen molar-refractivity contribution in [2.24, 2.45) is 0 Å². The normalized spacial score (nSPS) is 10.5. The van der Waals surface area contributed by atoms with Crippen LogP contribution in [0.2, 0.25) is 0 Å². The lowest BCUT2D eigenvalue weighted by atomic mass is 10.1. The average Bonchev–Trinajstić information content (AvgIpc) is 2.26. The van der Waals surface area contributed by atoms with Crippen molar-refractivity contribution in [2.45, 2.75) is 19.8 Å². The van der Waals surface area contributed by atoms with Gasteiger partial charge >= 0.3 is 0 Å². The van der Waals surface area contributed by atoms with E-state index in [1.165, 1.54) is 5.56 Å². The summed E-state index contributed by atoms with van der Waals surface area (Å²) in [5, 5.41) is 2.72. The fraction of sp³-hybridized carbons (Fsp3) is 0.308. The highest BCUT2D eigenvalue weighted by Crippen LogP contribution is 2.02. The molecule has 0 saturated heterocycles. The third-order valence-corrected chi connectivity index (χ3v) is 2.06. The van der Waals surface area contributed by atoms with E-state index in [1.54, 1.807) is 6.08 Å². The number of aryl methyl sites for hydroxylation is 1. The first-order chi connectivity index (χ1) is 7.33. The molecule has 0 radical (unpaired) electrons. The van der Waals surface area contributed by atoms with Crippen LogP contribution in [-0.4, -0.2) is 12.5 Å². The van der Waals surface area contributed by atoms with Crippen molar-refractivity contribution in [3.8, 4) is 0 Å². The van der Waals surface area contributed by atoms with Crippen molar-refractivity contribution in [1.29, 1.82) is 0 Å². The summed E-state index contributed by atoms with van der Waals surface area (Å²) >= 11 is 0. The molecule has 0 bridgehead atoms. The molecule has 0 spiro atoms. The van der Waals surface area contributed by atoms with Crippen LogP contribution in [0.4, 0.5) is 0 Å². The monoisotopic (exact) mass is 203 g/mol. The number of likely N-dealkylation sites (N-methyl/N-ethyl adjacent to an activating group) is 1. The minimum absolute atomic E-state index is 0.00874. The van der Waals surface area contributed by atoms with Gasteiger partial charge in [0.05, 0.1) is 0 Å². The summed E-state index contributed by atoms with van der Waals surface area (Å²) in [5.74, 6) is -0.00874. The van der Waals surface area contributed by atoms with Crippen LogP contribution in [0.15, 0.2) is 42.5 Å². The first-order valence-corrected chi connectivity index (χ1v) is 5.31. The number of hydrogen-bond acceptors (Lipinski definition) is 1. The standard InChI is InChI=1S/C13H17NO/c1-2-14-13(15)11-7-6-10-12-8-4-3-5-9-12/h3-5,7-9,11H,2,6,10H2,1H3,(H,14,15). The Morgan fingerprint density at radius 1 is 1.33 bits per heavy atom. The number of benzene rings is 1. The van der Waals surface area contributed by atoms with Gasteiger partial charge in [-0.25, -0.2) is 0 Å². The average molecular weight is 203 g/mol. The highest BCUT2D eigenvalue weighted by molar-refractivity contribution is 5.87. The number of hydrogen-bond donors (Lipinski definition) is 1. The topological polar surface area (TPSA) is 29.1 Å². The summed E-state index contributed by atoms with van der Waals surface area (Å²) in [6, 6.07) is 10.3. The van der Waals surface area contributed by atoms with Crippen molar-refractivity contribution in [2.75, 3.05) is 6.54 Å². The van der Waals surface area contributed by atoms with Crippen molar-refractivity contribution in [1.82, 2.24) is 5.32 Å². The van der Waals surface area contributed by atoms with Crippen LogP contribution in [0.25, 0.3) is 0 Å². The van der Waals surface area contributed by atoms with Crippen LogP contribution < -0.4 is 5.32 Å². The van der Waals surface area contributed by atoms with Crippen molar-refractivity contribution in [3.05, 3.63) is 48.0 Å². The predicted octanol–water partition coefficient (Wildman–Crippen LogP) is 2.31. The maximum absolute atomic E-state index is 11.1.